The standard InChI is InChI=1S/C9H9N3O2/c1-2-14-9(13)8-5-7-6-10-3-4-12(7)11-8/h3-6H,2H2,1H3. The van der Waals surface area contributed by atoms with E-state index >= 15 is 0 Å². The van der Waals surface area contributed by atoms with Gasteiger partial charge in [0.25, 0.3) is 0 Å². The van der Waals surface area contributed by atoms with Crippen LogP contribution in [-0.4, -0.2) is 27.2 Å². The summed E-state index contributed by atoms with van der Waals surface area (Å²) in [5.74, 6) is -0.406. The van der Waals surface area contributed by atoms with Crippen molar-refractivity contribution in [2.45, 2.75) is 6.92 Å². The molecule has 0 aromatic carbocycles. The molecule has 0 saturated heterocycles. The number of aromatic nitrogens is 3. The molecule has 5 heteroatoms. The van der Waals surface area contributed by atoms with Crippen LogP contribution in [-0.2, 0) is 4.74 Å². The highest BCUT2D eigenvalue weighted by molar-refractivity contribution is 5.88. The zero-order chi connectivity index (χ0) is 9.97. The number of fused-ring (bicyclic) bond motifs is 1. The SMILES string of the molecule is CCOC(=O)c1cc2cnccn2n1. The molecule has 2 aromatic heterocycles. The van der Waals surface area contributed by atoms with Crippen molar-refractivity contribution in [2.75, 3.05) is 6.61 Å². The van der Waals surface area contributed by atoms with Crippen LogP contribution in [0.1, 0.15) is 17.4 Å². The van der Waals surface area contributed by atoms with Crippen LogP contribution in [0.25, 0.3) is 5.52 Å². The second kappa shape index (κ2) is 3.45. The quantitative estimate of drug-likeness (QED) is 0.662. The molecule has 72 valence electrons. The maximum Gasteiger partial charge on any atom is 0.358 e. The summed E-state index contributed by atoms with van der Waals surface area (Å²) < 4.78 is 6.40. The van der Waals surface area contributed by atoms with E-state index in [1.807, 2.05) is 0 Å². The van der Waals surface area contributed by atoms with Crippen LogP contribution >= 0.6 is 0 Å². The molecule has 0 saturated carbocycles. The van der Waals surface area contributed by atoms with E-state index in [4.69, 9.17) is 4.74 Å². The molecule has 0 radical (unpaired) electrons. The molecule has 0 N–H and O–H groups in total. The van der Waals surface area contributed by atoms with Gasteiger partial charge in [-0.2, -0.15) is 5.10 Å². The Morgan fingerprint density at radius 2 is 2.50 bits per heavy atom. The fraction of sp³-hybridized carbons (Fsp3) is 0.222. The first-order chi connectivity index (χ1) is 6.81. The summed E-state index contributed by atoms with van der Waals surface area (Å²) in [6.45, 7) is 2.11. The first kappa shape index (κ1) is 8.68. The van der Waals surface area contributed by atoms with E-state index in [1.165, 1.54) is 0 Å². The van der Waals surface area contributed by atoms with Gasteiger partial charge in [0.05, 0.1) is 18.3 Å². The van der Waals surface area contributed by atoms with E-state index in [2.05, 4.69) is 10.1 Å². The van der Waals surface area contributed by atoms with Crippen LogP contribution in [0.5, 0.6) is 0 Å². The lowest BCUT2D eigenvalue weighted by atomic mass is 10.4. The summed E-state index contributed by atoms with van der Waals surface area (Å²) in [4.78, 5) is 15.2. The van der Waals surface area contributed by atoms with E-state index in [9.17, 15) is 4.79 Å². The number of esters is 1. The third kappa shape index (κ3) is 1.44. The van der Waals surface area contributed by atoms with Crippen molar-refractivity contribution in [1.82, 2.24) is 14.6 Å². The number of nitrogens with zero attached hydrogens (tertiary/aromatic N) is 3. The predicted molar refractivity (Wildman–Crippen MR) is 48.9 cm³/mol. The van der Waals surface area contributed by atoms with Gasteiger partial charge in [-0.1, -0.05) is 0 Å². The number of hydrogen-bond acceptors (Lipinski definition) is 4. The molecule has 0 atom stereocenters. The highest BCUT2D eigenvalue weighted by Crippen LogP contribution is 2.05. The molecule has 0 bridgehead atoms. The molecular weight excluding hydrogens is 182 g/mol. The van der Waals surface area contributed by atoms with Crippen molar-refractivity contribution in [3.8, 4) is 0 Å². The van der Waals surface area contributed by atoms with E-state index < -0.39 is 5.97 Å². The lowest BCUT2D eigenvalue weighted by Crippen LogP contribution is -2.05. The molecule has 0 aliphatic heterocycles. The highest BCUT2D eigenvalue weighted by atomic mass is 16.5. The van der Waals surface area contributed by atoms with Gasteiger partial charge in [-0.05, 0) is 6.92 Å². The molecule has 2 heterocycles. The Morgan fingerprint density at radius 1 is 1.64 bits per heavy atom. The minimum absolute atomic E-state index is 0.305. The average Bonchev–Trinajstić information content (AvgIpc) is 2.61. The Kier molecular flexibility index (Phi) is 2.14. The van der Waals surface area contributed by atoms with Gasteiger partial charge in [0, 0.05) is 18.5 Å². The van der Waals surface area contributed by atoms with Crippen LogP contribution in [0.4, 0.5) is 0 Å². The number of hydrogen-bond donors (Lipinski definition) is 0. The Bertz CT molecular complexity index is 431. The Labute approximate surface area is 80.3 Å². The molecule has 14 heavy (non-hydrogen) atoms. The van der Waals surface area contributed by atoms with E-state index in [1.54, 1.807) is 36.1 Å². The first-order valence-corrected chi connectivity index (χ1v) is 4.28. The van der Waals surface area contributed by atoms with Crippen LogP contribution < -0.4 is 0 Å². The van der Waals surface area contributed by atoms with Gasteiger partial charge in [0.1, 0.15) is 0 Å². The Balaban J connectivity index is 2.40. The number of carbonyl (C=O) groups is 1. The summed E-state index contributed by atoms with van der Waals surface area (Å²) in [6, 6.07) is 1.64. The van der Waals surface area contributed by atoms with Crippen LogP contribution in [0, 0.1) is 0 Å². The second-order valence-corrected chi connectivity index (χ2v) is 2.70. The normalized spacial score (nSPS) is 10.4. The molecule has 2 aromatic rings. The van der Waals surface area contributed by atoms with Gasteiger partial charge in [-0.3, -0.25) is 4.98 Å². The van der Waals surface area contributed by atoms with E-state index in [0.717, 1.165) is 5.52 Å². The Morgan fingerprint density at radius 3 is 3.21 bits per heavy atom. The van der Waals surface area contributed by atoms with Gasteiger partial charge in [-0.25, -0.2) is 9.31 Å². The maximum absolute atomic E-state index is 11.3. The van der Waals surface area contributed by atoms with Crippen LogP contribution in [0.15, 0.2) is 24.7 Å². The summed E-state index contributed by atoms with van der Waals surface area (Å²) in [6.07, 6.45) is 4.92. The lowest BCUT2D eigenvalue weighted by molar-refractivity contribution is 0.0519. The molecule has 0 spiro atoms. The molecular formula is C9H9N3O2. The zero-order valence-corrected chi connectivity index (χ0v) is 7.67. The molecule has 0 unspecified atom stereocenters. The van der Waals surface area contributed by atoms with Crippen molar-refractivity contribution in [1.29, 1.82) is 0 Å². The van der Waals surface area contributed by atoms with Gasteiger partial charge < -0.3 is 4.74 Å². The number of ether oxygens (including phenoxy) is 1. The fourth-order valence-electron chi connectivity index (χ4n) is 1.15. The molecule has 0 fully saturated rings. The lowest BCUT2D eigenvalue weighted by Gasteiger charge is -1.95. The average molecular weight is 191 g/mol. The first-order valence-electron chi connectivity index (χ1n) is 4.28. The Hall–Kier alpha value is -1.91. The van der Waals surface area contributed by atoms with Crippen molar-refractivity contribution in [2.24, 2.45) is 0 Å². The van der Waals surface area contributed by atoms with Crippen molar-refractivity contribution in [3.63, 3.8) is 0 Å². The van der Waals surface area contributed by atoms with Gasteiger partial charge in [-0.15, -0.1) is 0 Å². The second-order valence-electron chi connectivity index (χ2n) is 2.70. The largest absolute Gasteiger partial charge is 0.461 e. The molecule has 0 aliphatic rings. The maximum atomic E-state index is 11.3. The predicted octanol–water partition coefficient (Wildman–Crippen LogP) is 0.906. The minimum atomic E-state index is -0.406. The monoisotopic (exact) mass is 191 g/mol. The minimum Gasteiger partial charge on any atom is -0.461 e. The summed E-state index contributed by atoms with van der Waals surface area (Å²) in [5.41, 5.74) is 1.08. The summed E-state index contributed by atoms with van der Waals surface area (Å²) in [7, 11) is 0. The fourth-order valence-corrected chi connectivity index (χ4v) is 1.15. The van der Waals surface area contributed by atoms with E-state index in [-0.39, 0.29) is 0 Å². The number of carbonyl (C=O) groups excluding carboxylic acids is 1. The summed E-state index contributed by atoms with van der Waals surface area (Å²) in [5, 5.41) is 4.03. The molecule has 2 rings (SSSR count). The van der Waals surface area contributed by atoms with Crippen molar-refractivity contribution in [3.05, 3.63) is 30.4 Å². The number of rotatable bonds is 2. The zero-order valence-electron chi connectivity index (χ0n) is 7.67. The topological polar surface area (TPSA) is 56.5 Å². The van der Waals surface area contributed by atoms with Crippen LogP contribution in [0.2, 0.25) is 0 Å². The van der Waals surface area contributed by atoms with E-state index in [0.29, 0.717) is 12.3 Å². The molecule has 0 aliphatic carbocycles. The summed E-state index contributed by atoms with van der Waals surface area (Å²) >= 11 is 0. The third-order valence-corrected chi connectivity index (χ3v) is 1.75. The van der Waals surface area contributed by atoms with Crippen LogP contribution in [0.3, 0.4) is 0 Å². The van der Waals surface area contributed by atoms with Gasteiger partial charge in [0.2, 0.25) is 0 Å². The van der Waals surface area contributed by atoms with Gasteiger partial charge in [0.15, 0.2) is 5.69 Å². The smallest absolute Gasteiger partial charge is 0.358 e. The molecule has 0 amide bonds. The van der Waals surface area contributed by atoms with Crippen molar-refractivity contribution >= 4 is 11.5 Å². The molecule has 5 nitrogen and oxygen atoms in total. The third-order valence-electron chi connectivity index (χ3n) is 1.75. The highest BCUT2D eigenvalue weighted by Gasteiger charge is 2.10. The van der Waals surface area contributed by atoms with Gasteiger partial charge >= 0.3 is 5.97 Å². The van der Waals surface area contributed by atoms with Crippen molar-refractivity contribution < 1.29 is 9.53 Å².